The Morgan fingerprint density at radius 3 is 2.56 bits per heavy atom. The molecule has 95 valence electrons. The molecule has 1 atom stereocenters. The van der Waals surface area contributed by atoms with Gasteiger partial charge in [0, 0.05) is 6.42 Å². The molecule has 1 heterocycles. The first-order valence-electron chi connectivity index (χ1n) is 5.00. The van der Waals surface area contributed by atoms with E-state index in [9.17, 15) is 14.0 Å². The van der Waals surface area contributed by atoms with E-state index in [2.05, 4.69) is 9.97 Å². The molecule has 0 aromatic carbocycles. The molecule has 18 heavy (non-hydrogen) atoms. The molecule has 1 aromatic rings. The highest BCUT2D eigenvalue weighted by molar-refractivity contribution is 6.52. The fourth-order valence-electron chi connectivity index (χ4n) is 1.27. The van der Waals surface area contributed by atoms with Crippen LogP contribution >= 0.6 is 0 Å². The molecular weight excluding hydrogens is 258 g/mol. The molecule has 1 radical (unpaired) electrons. The molecule has 0 aliphatic carbocycles. The van der Waals surface area contributed by atoms with Crippen molar-refractivity contribution >= 4 is 31.7 Å². The first-order chi connectivity index (χ1) is 8.36. The first kappa shape index (κ1) is 14.5. The average molecular weight is 269 g/mol. The summed E-state index contributed by atoms with van der Waals surface area (Å²) in [5.41, 5.74) is 9.96. The van der Waals surface area contributed by atoms with Gasteiger partial charge in [-0.15, -0.1) is 5.79 Å². The number of hydrogen-bond acceptors (Lipinski definition) is 5. The lowest BCUT2D eigenvalue weighted by molar-refractivity contribution is -0.138. The number of carbonyl (C=O) groups excluding carboxylic acids is 1. The van der Waals surface area contributed by atoms with Crippen molar-refractivity contribution in [2.24, 2.45) is 11.5 Å². The number of hydrogen-bond donors (Lipinski definition) is 3. The summed E-state index contributed by atoms with van der Waals surface area (Å²) in [5.74, 6) is -1.37. The fraction of sp³-hybridized carbons (Fsp3) is 0.333. The SMILES string of the molecule is [CH3][Al][c]1nc(CC(N)C(=O)O)c(F)nc1C(N)=O. The maximum atomic E-state index is 13.5. The number of aliphatic carboxylic acids is 1. The lowest BCUT2D eigenvalue weighted by atomic mass is 10.2. The van der Waals surface area contributed by atoms with Crippen LogP contribution in [0.15, 0.2) is 0 Å². The number of nitrogens with zero attached hydrogens (tertiary/aromatic N) is 2. The van der Waals surface area contributed by atoms with Gasteiger partial charge < -0.3 is 16.6 Å². The van der Waals surface area contributed by atoms with Crippen LogP contribution in [0.4, 0.5) is 4.39 Å². The largest absolute Gasteiger partial charge is 0.480 e. The summed E-state index contributed by atoms with van der Waals surface area (Å²) < 4.78 is 13.8. The number of amides is 1. The van der Waals surface area contributed by atoms with Gasteiger partial charge in [-0.2, -0.15) is 4.39 Å². The van der Waals surface area contributed by atoms with Crippen LogP contribution < -0.4 is 16.0 Å². The van der Waals surface area contributed by atoms with Crippen LogP contribution in [0.3, 0.4) is 0 Å². The summed E-state index contributed by atoms with van der Waals surface area (Å²) in [6, 6.07) is -1.27. The van der Waals surface area contributed by atoms with Gasteiger partial charge >= 0.3 is 5.97 Å². The number of primary amides is 1. The molecule has 1 aromatic heterocycles. The number of halogens is 1. The van der Waals surface area contributed by atoms with Gasteiger partial charge in [0.1, 0.15) is 11.7 Å². The third-order valence-corrected chi connectivity index (χ3v) is 3.13. The van der Waals surface area contributed by atoms with Crippen LogP contribution in [0.1, 0.15) is 16.2 Å². The van der Waals surface area contributed by atoms with E-state index in [1.54, 1.807) is 5.79 Å². The standard InChI is InChI=1S/C8H8FN4O3.CH3.Al/c9-6-4(1-3(10)8(15)16)12-2-5(13-6)7(11)14;;/h3H,1,10H2,(H2,11,14)(H,15,16);1H3;. The van der Waals surface area contributed by atoms with Gasteiger partial charge in [-0.3, -0.25) is 14.6 Å². The third-order valence-electron chi connectivity index (χ3n) is 2.18. The second-order valence-electron chi connectivity index (χ2n) is 3.50. The molecule has 7 nitrogen and oxygen atoms in total. The topological polar surface area (TPSA) is 132 Å². The van der Waals surface area contributed by atoms with Crippen LogP contribution in [-0.4, -0.2) is 48.2 Å². The Hall–Kier alpha value is -1.56. The van der Waals surface area contributed by atoms with Gasteiger partial charge in [0.05, 0.1) is 5.69 Å². The summed E-state index contributed by atoms with van der Waals surface area (Å²) in [6.07, 6.45) is -0.292. The van der Waals surface area contributed by atoms with E-state index in [0.717, 1.165) is 0 Å². The average Bonchev–Trinajstić information content (AvgIpc) is 2.30. The van der Waals surface area contributed by atoms with Crippen LogP contribution in [0.25, 0.3) is 0 Å². The van der Waals surface area contributed by atoms with Crippen LogP contribution in [0.5, 0.6) is 0 Å². The van der Waals surface area contributed by atoms with E-state index >= 15 is 0 Å². The molecule has 1 rings (SSSR count). The Kier molecular flexibility index (Phi) is 4.72. The van der Waals surface area contributed by atoms with Gasteiger partial charge in [0.2, 0.25) is 5.95 Å². The summed E-state index contributed by atoms with van der Waals surface area (Å²) in [7, 11) is 0. The van der Waals surface area contributed by atoms with Crippen LogP contribution in [0.2, 0.25) is 5.79 Å². The normalized spacial score (nSPS) is 11.9. The fourth-order valence-corrected chi connectivity index (χ4v) is 2.04. The second-order valence-corrected chi connectivity index (χ2v) is 4.62. The quantitative estimate of drug-likeness (QED) is 0.532. The Morgan fingerprint density at radius 1 is 1.50 bits per heavy atom. The predicted octanol–water partition coefficient (Wildman–Crippen LogP) is -1.95. The molecule has 0 aliphatic heterocycles. The first-order valence-corrected chi connectivity index (χ1v) is 6.74. The maximum absolute atomic E-state index is 13.5. The highest BCUT2D eigenvalue weighted by atomic mass is 27.1. The Bertz CT molecular complexity index is 497. The van der Waals surface area contributed by atoms with Gasteiger partial charge in [0.25, 0.3) is 21.1 Å². The van der Waals surface area contributed by atoms with Gasteiger partial charge in [-0.1, -0.05) is 0 Å². The second kappa shape index (κ2) is 5.86. The lowest BCUT2D eigenvalue weighted by Gasteiger charge is -2.10. The number of carbonyl (C=O) groups is 2. The smallest absolute Gasteiger partial charge is 0.320 e. The summed E-state index contributed by atoms with van der Waals surface area (Å²) in [6.45, 7) is 0. The summed E-state index contributed by atoms with van der Waals surface area (Å²) in [5, 5.41) is 8.64. The van der Waals surface area contributed by atoms with E-state index in [0.29, 0.717) is 4.56 Å². The van der Waals surface area contributed by atoms with Crippen molar-refractivity contribution in [1.82, 2.24) is 9.97 Å². The predicted molar refractivity (Wildman–Crippen MR) is 61.1 cm³/mol. The van der Waals surface area contributed by atoms with Crippen LogP contribution in [-0.2, 0) is 11.2 Å². The number of aromatic nitrogens is 2. The molecule has 0 spiro atoms. The molecule has 0 saturated carbocycles. The summed E-state index contributed by atoms with van der Waals surface area (Å²) >= 11 is -0.412. The monoisotopic (exact) mass is 269 g/mol. The van der Waals surface area contributed by atoms with E-state index < -0.39 is 39.1 Å². The third kappa shape index (κ3) is 3.23. The van der Waals surface area contributed by atoms with Gasteiger partial charge in [-0.25, -0.2) is 4.98 Å². The van der Waals surface area contributed by atoms with E-state index in [4.69, 9.17) is 16.6 Å². The number of rotatable bonds is 5. The van der Waals surface area contributed by atoms with E-state index in [1.807, 2.05) is 0 Å². The highest BCUT2D eigenvalue weighted by Crippen LogP contribution is 2.04. The van der Waals surface area contributed by atoms with Crippen molar-refractivity contribution in [1.29, 1.82) is 0 Å². The van der Waals surface area contributed by atoms with Crippen LogP contribution in [0, 0.1) is 5.95 Å². The number of nitrogens with two attached hydrogens (primary N) is 2. The van der Waals surface area contributed by atoms with Crippen molar-refractivity contribution in [2.45, 2.75) is 18.2 Å². The maximum Gasteiger partial charge on any atom is 0.320 e. The van der Waals surface area contributed by atoms with E-state index in [-0.39, 0.29) is 17.8 Å². The van der Waals surface area contributed by atoms with Crippen molar-refractivity contribution in [3.8, 4) is 0 Å². The molecule has 0 saturated heterocycles. The lowest BCUT2D eigenvalue weighted by Crippen LogP contribution is -2.36. The van der Waals surface area contributed by atoms with Gasteiger partial charge in [0.15, 0.2) is 0 Å². The zero-order valence-corrected chi connectivity index (χ0v) is 10.7. The minimum Gasteiger partial charge on any atom is -0.480 e. The van der Waals surface area contributed by atoms with Crippen molar-refractivity contribution in [3.63, 3.8) is 0 Å². The number of carboxylic acid groups (broad SMARTS) is 1. The van der Waals surface area contributed by atoms with Crippen molar-refractivity contribution < 1.29 is 19.1 Å². The molecule has 1 amide bonds. The minimum atomic E-state index is -1.27. The molecule has 1 unspecified atom stereocenters. The molecule has 0 fully saturated rings. The highest BCUT2D eigenvalue weighted by Gasteiger charge is 2.20. The van der Waals surface area contributed by atoms with E-state index in [1.165, 1.54) is 0 Å². The molecule has 0 bridgehead atoms. The zero-order chi connectivity index (χ0) is 13.9. The van der Waals surface area contributed by atoms with Gasteiger partial charge in [-0.05, 0) is 4.56 Å². The molecule has 0 aliphatic rings. The van der Waals surface area contributed by atoms with Crippen molar-refractivity contribution in [2.75, 3.05) is 0 Å². The zero-order valence-electron chi connectivity index (χ0n) is 9.55. The molecular formula is C9H11AlFN4O3. The molecule has 9 heteroatoms. The Morgan fingerprint density at radius 2 is 2.11 bits per heavy atom. The Labute approximate surface area is 108 Å². The van der Waals surface area contributed by atoms with Crippen molar-refractivity contribution in [3.05, 3.63) is 17.3 Å². The number of carboxylic acids is 1. The minimum absolute atomic E-state index is 0.167. The molecule has 5 N–H and O–H groups in total. The summed E-state index contributed by atoms with van der Waals surface area (Å²) in [4.78, 5) is 28.9. The Balaban J connectivity index is 3.15.